The quantitative estimate of drug-likeness (QED) is 0.422. The number of nitriles is 1. The first-order valence-electron chi connectivity index (χ1n) is 12.3. The molecule has 5 heterocycles. The predicted molar refractivity (Wildman–Crippen MR) is 135 cm³/mol. The van der Waals surface area contributed by atoms with Gasteiger partial charge < -0.3 is 20.5 Å². The van der Waals surface area contributed by atoms with Crippen LogP contribution >= 0.6 is 0 Å². The summed E-state index contributed by atoms with van der Waals surface area (Å²) < 4.78 is 21.3. The van der Waals surface area contributed by atoms with Gasteiger partial charge in [-0.05, 0) is 44.5 Å². The van der Waals surface area contributed by atoms with Crippen LogP contribution in [0.1, 0.15) is 36.2 Å². The lowest BCUT2D eigenvalue weighted by molar-refractivity contribution is -0.0571. The van der Waals surface area contributed by atoms with Gasteiger partial charge in [0.05, 0.1) is 71.3 Å². The Kier molecular flexibility index (Phi) is 6.81. The van der Waals surface area contributed by atoms with Crippen molar-refractivity contribution in [2.45, 2.75) is 44.1 Å². The SMILES string of the molecule is CC(C)(O)[C@H](F)CNC(=O)c1cnc(-c2ccc3cc(C#N)cnn23)cc1NC1CCN(C2COC2)C1. The van der Waals surface area contributed by atoms with Crippen molar-refractivity contribution < 1.29 is 19.0 Å². The molecule has 1 amide bonds. The average molecular weight is 508 g/mol. The monoisotopic (exact) mass is 507 g/mol. The number of amides is 1. The van der Waals surface area contributed by atoms with Crippen molar-refractivity contribution in [1.82, 2.24) is 24.8 Å². The lowest BCUT2D eigenvalue weighted by Crippen LogP contribution is -2.48. The number of carbonyl (C=O) groups is 1. The minimum atomic E-state index is -1.62. The molecule has 2 fully saturated rings. The van der Waals surface area contributed by atoms with Gasteiger partial charge >= 0.3 is 0 Å². The molecule has 10 nitrogen and oxygen atoms in total. The molecule has 0 bridgehead atoms. The van der Waals surface area contributed by atoms with Crippen LogP contribution in [0.2, 0.25) is 0 Å². The first-order valence-corrected chi connectivity index (χ1v) is 12.3. The lowest BCUT2D eigenvalue weighted by atomic mass is 10.0. The predicted octanol–water partition coefficient (Wildman–Crippen LogP) is 1.99. The Labute approximate surface area is 214 Å². The van der Waals surface area contributed by atoms with Crippen molar-refractivity contribution in [3.63, 3.8) is 0 Å². The Morgan fingerprint density at radius 3 is 2.86 bits per heavy atom. The lowest BCUT2D eigenvalue weighted by Gasteiger charge is -2.34. The fourth-order valence-corrected chi connectivity index (χ4v) is 4.57. The molecule has 2 atom stereocenters. The molecule has 0 aromatic carbocycles. The summed E-state index contributed by atoms with van der Waals surface area (Å²) in [4.78, 5) is 20.0. The van der Waals surface area contributed by atoms with Crippen LogP contribution in [0, 0.1) is 11.3 Å². The van der Waals surface area contributed by atoms with Gasteiger partial charge in [0.25, 0.3) is 5.91 Å². The number of halogens is 1. The molecule has 2 aliphatic heterocycles. The second kappa shape index (κ2) is 10.0. The Morgan fingerprint density at radius 2 is 2.16 bits per heavy atom. The molecule has 37 heavy (non-hydrogen) atoms. The first-order chi connectivity index (χ1) is 17.7. The van der Waals surface area contributed by atoms with E-state index in [0.29, 0.717) is 28.7 Å². The third-order valence-electron chi connectivity index (χ3n) is 6.97. The van der Waals surface area contributed by atoms with Crippen molar-refractivity contribution >= 4 is 17.1 Å². The highest BCUT2D eigenvalue weighted by molar-refractivity contribution is 6.00. The smallest absolute Gasteiger partial charge is 0.255 e. The van der Waals surface area contributed by atoms with E-state index < -0.39 is 17.7 Å². The number of ether oxygens (including phenoxy) is 1. The normalized spacial score (nSPS) is 19.4. The molecule has 2 saturated heterocycles. The number of pyridine rings is 1. The number of nitrogens with one attached hydrogen (secondary N) is 2. The molecule has 3 N–H and O–H groups in total. The van der Waals surface area contributed by atoms with E-state index in [1.165, 1.54) is 26.2 Å². The number of likely N-dealkylation sites (tertiary alicyclic amines) is 1. The highest BCUT2D eigenvalue weighted by atomic mass is 19.1. The number of nitrogens with zero attached hydrogens (tertiary/aromatic N) is 5. The van der Waals surface area contributed by atoms with Gasteiger partial charge in [-0.25, -0.2) is 8.91 Å². The maximum absolute atomic E-state index is 14.3. The highest BCUT2D eigenvalue weighted by Crippen LogP contribution is 2.28. The molecule has 0 saturated carbocycles. The highest BCUT2D eigenvalue weighted by Gasteiger charge is 2.33. The van der Waals surface area contributed by atoms with Gasteiger partial charge in [0.15, 0.2) is 0 Å². The molecule has 3 aromatic rings. The number of carbonyl (C=O) groups excluding carboxylic acids is 1. The number of aliphatic hydroxyl groups is 1. The standard InChI is InChI=1S/C26H30FN7O3/c1-26(2,36)24(27)12-30-25(35)20-11-29-22(23-4-3-18-7-16(9-28)10-31-34(18)23)8-21(20)32-17-5-6-33(13-17)19-14-37-15-19/h3-4,7-8,10-11,17,19,24,36H,5-6,12-15H2,1-2H3,(H,29,32)(H,30,35)/t17?,24-/m1/s1. The topological polar surface area (TPSA) is 128 Å². The molecule has 11 heteroatoms. The molecule has 1 unspecified atom stereocenters. The molecule has 5 rings (SSSR count). The molecule has 3 aromatic heterocycles. The molecule has 194 valence electrons. The van der Waals surface area contributed by atoms with E-state index >= 15 is 0 Å². The van der Waals surface area contributed by atoms with E-state index in [0.717, 1.165) is 38.2 Å². The number of fused-ring (bicyclic) bond motifs is 1. The first kappa shape index (κ1) is 25.1. The van der Waals surface area contributed by atoms with Crippen LogP contribution in [0.4, 0.5) is 10.1 Å². The van der Waals surface area contributed by atoms with Gasteiger partial charge in [0.2, 0.25) is 0 Å². The van der Waals surface area contributed by atoms with Crippen LogP contribution in [-0.4, -0.2) is 87.2 Å². The third kappa shape index (κ3) is 5.27. The number of aromatic nitrogens is 3. The molecule has 0 aliphatic carbocycles. The zero-order valence-corrected chi connectivity index (χ0v) is 20.8. The van der Waals surface area contributed by atoms with Gasteiger partial charge in [0.1, 0.15) is 12.2 Å². The number of rotatable bonds is 8. The average Bonchev–Trinajstić information content (AvgIpc) is 3.47. The Hall–Kier alpha value is -3.59. The van der Waals surface area contributed by atoms with Crippen molar-refractivity contribution in [3.05, 3.63) is 47.8 Å². The molecular weight excluding hydrogens is 477 g/mol. The van der Waals surface area contributed by atoms with Crippen molar-refractivity contribution in [2.24, 2.45) is 0 Å². The molecule has 0 radical (unpaired) electrons. The van der Waals surface area contributed by atoms with Crippen molar-refractivity contribution in [3.8, 4) is 17.5 Å². The van der Waals surface area contributed by atoms with E-state index in [9.17, 15) is 14.3 Å². The number of hydrogen-bond acceptors (Lipinski definition) is 8. The molecule has 2 aliphatic rings. The van der Waals surface area contributed by atoms with Crippen LogP contribution in [0.25, 0.3) is 16.9 Å². The van der Waals surface area contributed by atoms with E-state index in [4.69, 9.17) is 10.00 Å². The van der Waals surface area contributed by atoms with Gasteiger partial charge in [-0.1, -0.05) is 0 Å². The summed E-state index contributed by atoms with van der Waals surface area (Å²) in [5, 5.41) is 29.5. The zero-order chi connectivity index (χ0) is 26.2. The van der Waals surface area contributed by atoms with Crippen LogP contribution in [-0.2, 0) is 4.74 Å². The Bertz CT molecular complexity index is 1340. The maximum Gasteiger partial charge on any atom is 0.255 e. The van der Waals surface area contributed by atoms with Crippen LogP contribution in [0.3, 0.4) is 0 Å². The fourth-order valence-electron chi connectivity index (χ4n) is 4.57. The second-order valence-corrected chi connectivity index (χ2v) is 10.2. The summed E-state index contributed by atoms with van der Waals surface area (Å²) in [5.74, 6) is -0.479. The maximum atomic E-state index is 14.3. The summed E-state index contributed by atoms with van der Waals surface area (Å²) in [6, 6.07) is 9.89. The van der Waals surface area contributed by atoms with Crippen LogP contribution < -0.4 is 10.6 Å². The van der Waals surface area contributed by atoms with Crippen LogP contribution in [0.5, 0.6) is 0 Å². The molecule has 0 spiro atoms. The second-order valence-electron chi connectivity index (χ2n) is 10.2. The number of anilines is 1. The van der Waals surface area contributed by atoms with E-state index in [1.807, 2.05) is 12.1 Å². The Morgan fingerprint density at radius 1 is 1.35 bits per heavy atom. The van der Waals surface area contributed by atoms with E-state index in [-0.39, 0.29) is 18.2 Å². The summed E-state index contributed by atoms with van der Waals surface area (Å²) in [6.45, 7) is 5.65. The Balaban J connectivity index is 1.42. The summed E-state index contributed by atoms with van der Waals surface area (Å²) in [6.07, 6.45) is 2.25. The van der Waals surface area contributed by atoms with Crippen LogP contribution in [0.15, 0.2) is 36.7 Å². The fraction of sp³-hybridized carbons (Fsp3) is 0.462. The zero-order valence-electron chi connectivity index (χ0n) is 20.8. The van der Waals surface area contributed by atoms with Gasteiger partial charge in [0, 0.05) is 25.3 Å². The summed E-state index contributed by atoms with van der Waals surface area (Å²) >= 11 is 0. The minimum Gasteiger partial charge on any atom is -0.387 e. The van der Waals surface area contributed by atoms with Gasteiger partial charge in [-0.15, -0.1) is 0 Å². The van der Waals surface area contributed by atoms with Gasteiger partial charge in [-0.2, -0.15) is 10.4 Å². The van der Waals surface area contributed by atoms with E-state index in [1.54, 1.807) is 16.6 Å². The number of hydrogen-bond donors (Lipinski definition) is 3. The van der Waals surface area contributed by atoms with E-state index in [2.05, 4.69) is 31.7 Å². The van der Waals surface area contributed by atoms with Gasteiger partial charge in [-0.3, -0.25) is 14.7 Å². The summed E-state index contributed by atoms with van der Waals surface area (Å²) in [5.41, 5.74) is 1.82. The van der Waals surface area contributed by atoms with Crippen molar-refractivity contribution in [1.29, 1.82) is 5.26 Å². The number of alkyl halides is 1. The minimum absolute atomic E-state index is 0.119. The summed E-state index contributed by atoms with van der Waals surface area (Å²) in [7, 11) is 0. The largest absolute Gasteiger partial charge is 0.387 e. The van der Waals surface area contributed by atoms with Crippen molar-refractivity contribution in [2.75, 3.05) is 38.2 Å². The molecular formula is C26H30FN7O3. The third-order valence-corrected chi connectivity index (χ3v) is 6.97.